The van der Waals surface area contributed by atoms with E-state index in [0.29, 0.717) is 64.3 Å². The van der Waals surface area contributed by atoms with Gasteiger partial charge in [0.15, 0.2) is 11.6 Å². The molecule has 294 valence electrons. The molecule has 2 saturated heterocycles. The highest BCUT2D eigenvalue weighted by Crippen LogP contribution is 2.41. The zero-order chi connectivity index (χ0) is 39.1. The Hall–Kier alpha value is -3.17. The van der Waals surface area contributed by atoms with Crippen molar-refractivity contribution in [3.63, 3.8) is 0 Å². The lowest BCUT2D eigenvalue weighted by Crippen LogP contribution is -2.59. The van der Waals surface area contributed by atoms with E-state index in [9.17, 15) is 29.2 Å². The van der Waals surface area contributed by atoms with E-state index in [1.165, 1.54) is 5.06 Å². The summed E-state index contributed by atoms with van der Waals surface area (Å²) in [6.07, 6.45) is 9.43. The van der Waals surface area contributed by atoms with Crippen molar-refractivity contribution in [1.29, 1.82) is 0 Å². The summed E-state index contributed by atoms with van der Waals surface area (Å²) in [4.78, 5) is 73.7. The minimum absolute atomic E-state index is 0.00149. The van der Waals surface area contributed by atoms with Crippen LogP contribution in [-0.2, 0) is 30.4 Å². The average Bonchev–Trinajstić information content (AvgIpc) is 3.58. The number of benzene rings is 1. The lowest BCUT2D eigenvalue weighted by molar-refractivity contribution is -0.249. The van der Waals surface area contributed by atoms with Gasteiger partial charge in [-0.05, 0) is 102 Å². The van der Waals surface area contributed by atoms with Gasteiger partial charge in [-0.1, -0.05) is 70.2 Å². The fourth-order valence-corrected chi connectivity index (χ4v) is 9.07. The van der Waals surface area contributed by atoms with Gasteiger partial charge in [0.05, 0.1) is 12.1 Å². The van der Waals surface area contributed by atoms with Crippen molar-refractivity contribution in [2.45, 2.75) is 156 Å². The van der Waals surface area contributed by atoms with Crippen molar-refractivity contribution in [3.05, 3.63) is 48.0 Å². The summed E-state index contributed by atoms with van der Waals surface area (Å²) in [5.41, 5.74) is -0.0572. The Kier molecular flexibility index (Phi) is 14.8. The average molecular weight is 734 g/mol. The molecule has 4 rings (SSSR count). The lowest BCUT2D eigenvalue weighted by atomic mass is 9.73. The van der Waals surface area contributed by atoms with E-state index in [-0.39, 0.29) is 72.2 Å². The molecule has 4 atom stereocenters. The molecule has 1 aromatic rings. The molecule has 1 aromatic carbocycles. The number of hydroxylamine groups is 2. The number of piperidine rings is 1. The maximum Gasteiger partial charge on any atom is 0.227 e. The fraction of sp³-hybridized carbons (Fsp3) is 0.705. The van der Waals surface area contributed by atoms with Crippen LogP contribution >= 0.6 is 0 Å². The third-order valence-electron chi connectivity index (χ3n) is 11.9. The second kappa shape index (κ2) is 18.4. The Bertz CT molecular complexity index is 1450. The van der Waals surface area contributed by atoms with Crippen LogP contribution in [0.25, 0.3) is 0 Å². The van der Waals surface area contributed by atoms with Gasteiger partial charge in [0.25, 0.3) is 0 Å². The van der Waals surface area contributed by atoms with Crippen LogP contribution in [0.5, 0.6) is 0 Å². The Morgan fingerprint density at radius 1 is 0.887 bits per heavy atom. The molecule has 0 aliphatic carbocycles. The standard InChI is InChI=1S/C44H67N3O6/c1-30(2)24-37-40(50)27-34(25-32-16-10-9-11-17-32)42(52)46-23-15-19-36(46)39(49)26-33(31(3)4)18-14-22-45(37)41(51)21-13-12-20-38(48)35-28-43(5,6)47(53)44(7,8)29-35/h9-11,14,16-18,30-31,33-37,53H,12-13,15,19-29H2,1-8H3/b18-14+/t33-,34-,36-,37-/m0/s1. The van der Waals surface area contributed by atoms with E-state index < -0.39 is 29.1 Å². The fourth-order valence-electron chi connectivity index (χ4n) is 9.07. The van der Waals surface area contributed by atoms with Gasteiger partial charge in [-0.25, -0.2) is 0 Å². The van der Waals surface area contributed by atoms with Gasteiger partial charge in [0.2, 0.25) is 11.8 Å². The summed E-state index contributed by atoms with van der Waals surface area (Å²) < 4.78 is 0. The van der Waals surface area contributed by atoms with Crippen LogP contribution in [0.3, 0.4) is 0 Å². The van der Waals surface area contributed by atoms with E-state index >= 15 is 0 Å². The Morgan fingerprint density at radius 3 is 2.15 bits per heavy atom. The van der Waals surface area contributed by atoms with Gasteiger partial charge in [-0.3, -0.25) is 24.0 Å². The second-order valence-corrected chi connectivity index (χ2v) is 18.2. The third kappa shape index (κ3) is 11.2. The summed E-state index contributed by atoms with van der Waals surface area (Å²) in [7, 11) is 0. The molecule has 3 aliphatic rings. The molecule has 0 spiro atoms. The number of unbranched alkanes of at least 4 members (excludes halogenated alkanes) is 1. The van der Waals surface area contributed by atoms with Crippen LogP contribution in [0.2, 0.25) is 0 Å². The first-order valence-electron chi connectivity index (χ1n) is 20.3. The molecule has 3 heterocycles. The van der Waals surface area contributed by atoms with Crippen molar-refractivity contribution in [3.8, 4) is 0 Å². The van der Waals surface area contributed by atoms with Gasteiger partial charge in [0.1, 0.15) is 5.78 Å². The normalized spacial score (nSPS) is 26.9. The highest BCUT2D eigenvalue weighted by atomic mass is 16.5. The SMILES string of the molecule is CC(C)C[C@H]1C(=O)C[C@H](Cc2ccccc2)C(=O)N2CCC[C@H]2C(=O)C[C@@H](C(C)C)/C=C/CN1C(=O)CCCCC(=O)C1CC(C)(C)N(O)C(C)(C)C1. The molecule has 2 amide bonds. The van der Waals surface area contributed by atoms with Crippen LogP contribution in [0, 0.1) is 29.6 Å². The Morgan fingerprint density at radius 2 is 1.53 bits per heavy atom. The zero-order valence-corrected chi connectivity index (χ0v) is 33.8. The quantitative estimate of drug-likeness (QED) is 0.184. The maximum absolute atomic E-state index is 14.5. The molecule has 0 unspecified atom stereocenters. The highest BCUT2D eigenvalue weighted by molar-refractivity contribution is 5.95. The molecule has 0 saturated carbocycles. The Balaban J connectivity index is 1.57. The smallest absolute Gasteiger partial charge is 0.227 e. The van der Waals surface area contributed by atoms with E-state index in [1.54, 1.807) is 9.80 Å². The van der Waals surface area contributed by atoms with Crippen molar-refractivity contribution < 1.29 is 29.2 Å². The molecule has 53 heavy (non-hydrogen) atoms. The molecular weight excluding hydrogens is 666 g/mol. The minimum atomic E-state index is -0.690. The first kappa shape index (κ1) is 42.6. The molecule has 0 bridgehead atoms. The van der Waals surface area contributed by atoms with Crippen molar-refractivity contribution >= 4 is 29.2 Å². The van der Waals surface area contributed by atoms with Gasteiger partial charge < -0.3 is 15.0 Å². The number of nitrogens with zero attached hydrogens (tertiary/aromatic N) is 3. The van der Waals surface area contributed by atoms with E-state index in [2.05, 4.69) is 27.7 Å². The summed E-state index contributed by atoms with van der Waals surface area (Å²) in [6.45, 7) is 16.9. The highest BCUT2D eigenvalue weighted by Gasteiger charge is 2.47. The van der Waals surface area contributed by atoms with Crippen LogP contribution < -0.4 is 0 Å². The van der Waals surface area contributed by atoms with Crippen LogP contribution in [0.15, 0.2) is 42.5 Å². The monoisotopic (exact) mass is 734 g/mol. The van der Waals surface area contributed by atoms with Crippen molar-refractivity contribution in [2.75, 3.05) is 13.1 Å². The number of ketones is 3. The molecule has 0 radical (unpaired) electrons. The molecule has 2 fully saturated rings. The molecule has 3 aliphatic heterocycles. The molecule has 0 aromatic heterocycles. The number of allylic oxidation sites excluding steroid dienone is 1. The van der Waals surface area contributed by atoms with Gasteiger partial charge >= 0.3 is 0 Å². The van der Waals surface area contributed by atoms with E-state index in [1.807, 2.05) is 70.2 Å². The number of rotatable bonds is 11. The first-order chi connectivity index (χ1) is 24.9. The molecule has 1 N–H and O–H groups in total. The zero-order valence-electron chi connectivity index (χ0n) is 33.8. The topological polar surface area (TPSA) is 115 Å². The summed E-state index contributed by atoms with van der Waals surface area (Å²) in [5, 5.41) is 12.1. The number of carbonyl (C=O) groups is 5. The number of fused-ring (bicyclic) bond motifs is 1. The predicted molar refractivity (Wildman–Crippen MR) is 208 cm³/mol. The van der Waals surface area contributed by atoms with E-state index in [0.717, 1.165) is 12.0 Å². The van der Waals surface area contributed by atoms with Gasteiger partial charge in [-0.2, -0.15) is 5.06 Å². The maximum atomic E-state index is 14.5. The van der Waals surface area contributed by atoms with Gasteiger partial charge in [0, 0.05) is 61.7 Å². The minimum Gasteiger partial charge on any atom is -0.332 e. The number of amides is 2. The summed E-state index contributed by atoms with van der Waals surface area (Å²) in [6, 6.07) is 8.57. The number of carbonyl (C=O) groups excluding carboxylic acids is 5. The number of hydrogen-bond donors (Lipinski definition) is 1. The third-order valence-corrected chi connectivity index (χ3v) is 11.9. The number of hydrogen-bond acceptors (Lipinski definition) is 7. The largest absolute Gasteiger partial charge is 0.332 e. The molecular formula is C44H67N3O6. The number of Topliss-reactive ketones (excluding diaryl/α,β-unsaturated/α-hetero) is 3. The first-order valence-corrected chi connectivity index (χ1v) is 20.3. The Labute approximate surface area is 318 Å². The van der Waals surface area contributed by atoms with Crippen molar-refractivity contribution in [1.82, 2.24) is 14.9 Å². The van der Waals surface area contributed by atoms with E-state index in [4.69, 9.17) is 0 Å². The van der Waals surface area contributed by atoms with Gasteiger partial charge in [-0.15, -0.1) is 0 Å². The second-order valence-electron chi connectivity index (χ2n) is 18.2. The van der Waals surface area contributed by atoms with Crippen LogP contribution in [0.1, 0.15) is 132 Å². The van der Waals surface area contributed by atoms with Crippen LogP contribution in [-0.4, -0.2) is 85.5 Å². The molecule has 9 nitrogen and oxygen atoms in total. The van der Waals surface area contributed by atoms with Crippen molar-refractivity contribution in [2.24, 2.45) is 29.6 Å². The van der Waals surface area contributed by atoms with Crippen LogP contribution in [0.4, 0.5) is 0 Å². The summed E-state index contributed by atoms with van der Waals surface area (Å²) in [5.74, 6) is -0.698. The molecule has 9 heteroatoms. The summed E-state index contributed by atoms with van der Waals surface area (Å²) >= 11 is 0. The lowest BCUT2D eigenvalue weighted by Gasteiger charge is -2.51. The predicted octanol–water partition coefficient (Wildman–Crippen LogP) is 7.63.